The van der Waals surface area contributed by atoms with E-state index in [-0.39, 0.29) is 17.6 Å². The van der Waals surface area contributed by atoms with Crippen LogP contribution in [0.1, 0.15) is 18.4 Å². The third kappa shape index (κ3) is 3.67. The van der Waals surface area contributed by atoms with Gasteiger partial charge in [0.1, 0.15) is 11.7 Å². The highest BCUT2D eigenvalue weighted by Crippen LogP contribution is 2.26. The molecule has 0 atom stereocenters. The number of piperidine rings is 1. The molecule has 3 nitrogen and oxygen atoms in total. The van der Waals surface area contributed by atoms with E-state index < -0.39 is 5.60 Å². The van der Waals surface area contributed by atoms with Gasteiger partial charge in [-0.05, 0) is 30.5 Å². The van der Waals surface area contributed by atoms with Gasteiger partial charge in [0.15, 0.2) is 0 Å². The summed E-state index contributed by atoms with van der Waals surface area (Å²) in [5.41, 5.74) is 0.0852. The molecule has 0 saturated carbocycles. The lowest BCUT2D eigenvalue weighted by atomic mass is 9.85. The highest BCUT2D eigenvalue weighted by atomic mass is 35.5. The van der Waals surface area contributed by atoms with Crippen LogP contribution in [0.5, 0.6) is 0 Å². The lowest BCUT2D eigenvalue weighted by Crippen LogP contribution is -2.48. The zero-order valence-corrected chi connectivity index (χ0v) is 11.4. The van der Waals surface area contributed by atoms with E-state index in [4.69, 9.17) is 11.6 Å². The number of hydrogen-bond donors (Lipinski definition) is 1. The monoisotopic (exact) mass is 285 g/mol. The summed E-state index contributed by atoms with van der Waals surface area (Å²) in [6.07, 6.45) is 1.52. The topological polar surface area (TPSA) is 40.5 Å². The third-order valence-electron chi connectivity index (χ3n) is 3.61. The van der Waals surface area contributed by atoms with Gasteiger partial charge in [-0.25, -0.2) is 4.39 Å². The molecule has 19 heavy (non-hydrogen) atoms. The maximum Gasteiger partial charge on any atom is 0.237 e. The maximum absolute atomic E-state index is 12.8. The molecule has 1 fully saturated rings. The number of nitrogens with zero attached hydrogens (tertiary/aromatic N) is 1. The maximum atomic E-state index is 12.8. The smallest absolute Gasteiger partial charge is 0.237 e. The Hall–Kier alpha value is -1.13. The average Bonchev–Trinajstić information content (AvgIpc) is 2.41. The van der Waals surface area contributed by atoms with E-state index in [1.165, 1.54) is 12.1 Å². The van der Waals surface area contributed by atoms with E-state index >= 15 is 0 Å². The predicted molar refractivity (Wildman–Crippen MR) is 71.6 cm³/mol. The van der Waals surface area contributed by atoms with Crippen molar-refractivity contribution in [3.8, 4) is 0 Å². The summed E-state index contributed by atoms with van der Waals surface area (Å²) >= 11 is 5.51. The number of carbonyl (C=O) groups is 1. The molecule has 0 unspecified atom stereocenters. The second-order valence-electron chi connectivity index (χ2n) is 5.04. The molecule has 1 heterocycles. The normalized spacial score (nSPS) is 18.4. The van der Waals surface area contributed by atoms with Crippen LogP contribution in [0.4, 0.5) is 4.39 Å². The van der Waals surface area contributed by atoms with Crippen LogP contribution in [-0.4, -0.2) is 40.5 Å². The zero-order chi connectivity index (χ0) is 13.9. The molecule has 0 aromatic heterocycles. The molecule has 0 bridgehead atoms. The molecule has 1 aliphatic heterocycles. The van der Waals surface area contributed by atoms with Crippen molar-refractivity contribution in [2.45, 2.75) is 24.9 Å². The van der Waals surface area contributed by atoms with Gasteiger partial charge in [0.05, 0.1) is 5.60 Å². The van der Waals surface area contributed by atoms with E-state index in [9.17, 15) is 14.3 Å². The number of hydrogen-bond acceptors (Lipinski definition) is 2. The van der Waals surface area contributed by atoms with Crippen LogP contribution in [0.25, 0.3) is 0 Å². The van der Waals surface area contributed by atoms with Gasteiger partial charge in [-0.2, -0.15) is 0 Å². The Bertz CT molecular complexity index is 441. The fraction of sp³-hybridized carbons (Fsp3) is 0.500. The first-order chi connectivity index (χ1) is 9.02. The van der Waals surface area contributed by atoms with E-state index in [0.29, 0.717) is 32.4 Å². The average molecular weight is 286 g/mol. The van der Waals surface area contributed by atoms with Gasteiger partial charge in [0.25, 0.3) is 0 Å². The largest absolute Gasteiger partial charge is 0.389 e. The summed E-state index contributed by atoms with van der Waals surface area (Å²) in [6.45, 7) is 1.03. The van der Waals surface area contributed by atoms with Crippen LogP contribution >= 0.6 is 11.6 Å². The zero-order valence-electron chi connectivity index (χ0n) is 10.6. The first-order valence-corrected chi connectivity index (χ1v) is 6.86. The molecular weight excluding hydrogens is 269 g/mol. The van der Waals surface area contributed by atoms with Gasteiger partial charge in [-0.3, -0.25) is 4.79 Å². The van der Waals surface area contributed by atoms with Crippen LogP contribution in [0.2, 0.25) is 0 Å². The number of aliphatic hydroxyl groups is 1. The van der Waals surface area contributed by atoms with Gasteiger partial charge in [-0.1, -0.05) is 12.1 Å². The van der Waals surface area contributed by atoms with E-state index in [2.05, 4.69) is 0 Å². The van der Waals surface area contributed by atoms with Crippen molar-refractivity contribution in [3.05, 3.63) is 35.6 Å². The lowest BCUT2D eigenvalue weighted by Gasteiger charge is -2.38. The van der Waals surface area contributed by atoms with Crippen LogP contribution in [0, 0.1) is 5.82 Å². The number of halogens is 2. The summed E-state index contributed by atoms with van der Waals surface area (Å²) < 4.78 is 12.8. The number of benzene rings is 1. The number of rotatable bonds is 3. The molecule has 1 aromatic rings. The minimum absolute atomic E-state index is 0.0175. The van der Waals surface area contributed by atoms with Crippen molar-refractivity contribution < 1.29 is 14.3 Å². The van der Waals surface area contributed by atoms with Crippen LogP contribution in [0.15, 0.2) is 24.3 Å². The van der Waals surface area contributed by atoms with Crippen LogP contribution in [-0.2, 0) is 11.2 Å². The van der Waals surface area contributed by atoms with E-state index in [1.54, 1.807) is 17.0 Å². The summed E-state index contributed by atoms with van der Waals surface area (Å²) in [6, 6.07) is 6.16. The molecule has 104 valence electrons. The Balaban J connectivity index is 1.94. The Kier molecular flexibility index (Phi) is 4.42. The molecule has 1 aromatic carbocycles. The summed E-state index contributed by atoms with van der Waals surface area (Å²) in [5.74, 6) is -0.389. The van der Waals surface area contributed by atoms with E-state index in [1.807, 2.05) is 0 Å². The predicted octanol–water partition coefficient (Wildman–Crippen LogP) is 1.96. The quantitative estimate of drug-likeness (QED) is 0.863. The summed E-state index contributed by atoms with van der Waals surface area (Å²) in [4.78, 5) is 13.1. The molecule has 0 aliphatic carbocycles. The second kappa shape index (κ2) is 5.88. The first-order valence-electron chi connectivity index (χ1n) is 6.33. The number of amides is 1. The lowest BCUT2D eigenvalue weighted by molar-refractivity contribution is -0.132. The van der Waals surface area contributed by atoms with Crippen molar-refractivity contribution in [1.82, 2.24) is 4.90 Å². The minimum atomic E-state index is -0.819. The standard InChI is InChI=1S/C14H17ClFNO2/c15-10-13(18)17-7-5-14(19,6-8-17)9-11-1-3-12(16)4-2-11/h1-4,19H,5-10H2. The highest BCUT2D eigenvalue weighted by molar-refractivity contribution is 6.27. The fourth-order valence-electron chi connectivity index (χ4n) is 2.42. The van der Waals surface area contributed by atoms with Gasteiger partial charge in [0.2, 0.25) is 5.91 Å². The van der Waals surface area contributed by atoms with Gasteiger partial charge >= 0.3 is 0 Å². The van der Waals surface area contributed by atoms with Crippen molar-refractivity contribution >= 4 is 17.5 Å². The molecular formula is C14H17ClFNO2. The van der Waals surface area contributed by atoms with Crippen molar-refractivity contribution in [2.75, 3.05) is 19.0 Å². The summed E-state index contributed by atoms with van der Waals surface area (Å²) in [5, 5.41) is 10.5. The molecule has 0 spiro atoms. The van der Waals surface area contributed by atoms with Crippen LogP contribution in [0.3, 0.4) is 0 Å². The summed E-state index contributed by atoms with van der Waals surface area (Å²) in [7, 11) is 0. The highest BCUT2D eigenvalue weighted by Gasteiger charge is 2.33. The Morgan fingerprint density at radius 1 is 1.32 bits per heavy atom. The molecule has 5 heteroatoms. The van der Waals surface area contributed by atoms with E-state index in [0.717, 1.165) is 5.56 Å². The van der Waals surface area contributed by atoms with Crippen molar-refractivity contribution in [3.63, 3.8) is 0 Å². The van der Waals surface area contributed by atoms with Crippen molar-refractivity contribution in [1.29, 1.82) is 0 Å². The molecule has 0 radical (unpaired) electrons. The van der Waals surface area contributed by atoms with Gasteiger partial charge in [-0.15, -0.1) is 11.6 Å². The fourth-order valence-corrected chi connectivity index (χ4v) is 2.58. The van der Waals surface area contributed by atoms with Gasteiger partial charge < -0.3 is 10.0 Å². The molecule has 1 saturated heterocycles. The third-order valence-corrected chi connectivity index (χ3v) is 3.84. The molecule has 1 amide bonds. The number of alkyl halides is 1. The Morgan fingerprint density at radius 3 is 2.42 bits per heavy atom. The number of likely N-dealkylation sites (tertiary alicyclic amines) is 1. The molecule has 1 aliphatic rings. The Morgan fingerprint density at radius 2 is 1.89 bits per heavy atom. The van der Waals surface area contributed by atoms with Crippen molar-refractivity contribution in [2.24, 2.45) is 0 Å². The second-order valence-corrected chi connectivity index (χ2v) is 5.31. The Labute approximate surface area is 117 Å². The minimum Gasteiger partial charge on any atom is -0.389 e. The molecule has 1 N–H and O–H groups in total. The number of carbonyl (C=O) groups excluding carboxylic acids is 1. The molecule has 2 rings (SSSR count). The SMILES string of the molecule is O=C(CCl)N1CCC(O)(Cc2ccc(F)cc2)CC1. The van der Waals surface area contributed by atoms with Crippen LogP contribution < -0.4 is 0 Å². The van der Waals surface area contributed by atoms with Gasteiger partial charge in [0, 0.05) is 19.5 Å². The first kappa shape index (κ1) is 14.3.